The monoisotopic (exact) mass is 336 g/mol. The number of amides is 1. The number of hydrogen-bond donors (Lipinski definition) is 2. The third kappa shape index (κ3) is 3.59. The van der Waals surface area contributed by atoms with Crippen molar-refractivity contribution >= 4 is 5.91 Å². The number of pyridine rings is 1. The van der Waals surface area contributed by atoms with Gasteiger partial charge in [0.15, 0.2) is 0 Å². The van der Waals surface area contributed by atoms with Gasteiger partial charge in [0, 0.05) is 29.9 Å². The fraction of sp³-hybridized carbons (Fsp3) is 0.429. The highest BCUT2D eigenvalue weighted by Crippen LogP contribution is 2.32. The SMILES string of the molecule is O=C(NC(Cc1ccccn1)C1CC(O)C1)c1ccc2c(c1)CCC2. The summed E-state index contributed by atoms with van der Waals surface area (Å²) in [5.74, 6) is 0.299. The molecule has 1 amide bonds. The van der Waals surface area contributed by atoms with Crippen LogP contribution in [-0.4, -0.2) is 28.1 Å². The van der Waals surface area contributed by atoms with E-state index in [1.165, 1.54) is 17.5 Å². The van der Waals surface area contributed by atoms with Crippen molar-refractivity contribution in [3.63, 3.8) is 0 Å². The maximum absolute atomic E-state index is 12.8. The second-order valence-electron chi connectivity index (χ2n) is 7.33. The summed E-state index contributed by atoms with van der Waals surface area (Å²) in [6, 6.07) is 11.9. The minimum atomic E-state index is -0.229. The predicted octanol–water partition coefficient (Wildman–Crippen LogP) is 2.68. The summed E-state index contributed by atoms with van der Waals surface area (Å²) in [5, 5.41) is 12.9. The van der Waals surface area contributed by atoms with Crippen LogP contribution in [-0.2, 0) is 19.3 Å². The maximum Gasteiger partial charge on any atom is 0.251 e. The van der Waals surface area contributed by atoms with Gasteiger partial charge in [-0.3, -0.25) is 9.78 Å². The molecule has 2 aliphatic rings. The molecule has 1 aromatic carbocycles. The van der Waals surface area contributed by atoms with E-state index in [-0.39, 0.29) is 18.1 Å². The number of nitrogens with one attached hydrogen (secondary N) is 1. The molecule has 2 aliphatic carbocycles. The third-order valence-electron chi connectivity index (χ3n) is 5.55. The number of hydrogen-bond acceptors (Lipinski definition) is 3. The number of nitrogens with zero attached hydrogens (tertiary/aromatic N) is 1. The number of carbonyl (C=O) groups excluding carboxylic acids is 1. The van der Waals surface area contributed by atoms with E-state index < -0.39 is 0 Å². The van der Waals surface area contributed by atoms with Gasteiger partial charge < -0.3 is 10.4 Å². The molecule has 25 heavy (non-hydrogen) atoms. The molecule has 1 saturated carbocycles. The molecule has 0 bridgehead atoms. The van der Waals surface area contributed by atoms with Gasteiger partial charge in [0.2, 0.25) is 0 Å². The fourth-order valence-corrected chi connectivity index (χ4v) is 4.00. The second-order valence-corrected chi connectivity index (χ2v) is 7.33. The largest absolute Gasteiger partial charge is 0.393 e. The van der Waals surface area contributed by atoms with Crippen LogP contribution < -0.4 is 5.32 Å². The smallest absolute Gasteiger partial charge is 0.251 e. The van der Waals surface area contributed by atoms with Crippen molar-refractivity contribution in [1.82, 2.24) is 10.3 Å². The summed E-state index contributed by atoms with van der Waals surface area (Å²) in [7, 11) is 0. The number of carbonyl (C=O) groups is 1. The zero-order valence-electron chi connectivity index (χ0n) is 14.3. The van der Waals surface area contributed by atoms with Crippen LogP contribution in [0, 0.1) is 5.92 Å². The fourth-order valence-electron chi connectivity index (χ4n) is 4.00. The van der Waals surface area contributed by atoms with Crippen molar-refractivity contribution in [2.45, 2.75) is 50.7 Å². The van der Waals surface area contributed by atoms with Gasteiger partial charge in [-0.15, -0.1) is 0 Å². The van der Waals surface area contributed by atoms with E-state index in [1.54, 1.807) is 6.20 Å². The average Bonchev–Trinajstić information content (AvgIpc) is 3.07. The summed E-state index contributed by atoms with van der Waals surface area (Å²) in [6.45, 7) is 0. The van der Waals surface area contributed by atoms with Crippen LogP contribution in [0.1, 0.15) is 46.4 Å². The van der Waals surface area contributed by atoms with Crippen molar-refractivity contribution in [3.8, 4) is 0 Å². The minimum Gasteiger partial charge on any atom is -0.393 e. The number of aryl methyl sites for hydroxylation is 2. The molecule has 0 radical (unpaired) electrons. The topological polar surface area (TPSA) is 62.2 Å². The van der Waals surface area contributed by atoms with Gasteiger partial charge in [0.05, 0.1) is 6.10 Å². The summed E-state index contributed by atoms with van der Waals surface area (Å²) >= 11 is 0. The lowest BCUT2D eigenvalue weighted by molar-refractivity contribution is 0.0238. The van der Waals surface area contributed by atoms with E-state index >= 15 is 0 Å². The van der Waals surface area contributed by atoms with Gasteiger partial charge in [-0.1, -0.05) is 12.1 Å². The van der Waals surface area contributed by atoms with E-state index in [2.05, 4.69) is 16.4 Å². The Kier molecular flexibility index (Phi) is 4.53. The highest BCUT2D eigenvalue weighted by molar-refractivity contribution is 5.94. The van der Waals surface area contributed by atoms with Crippen molar-refractivity contribution < 1.29 is 9.90 Å². The first-order valence-electron chi connectivity index (χ1n) is 9.19. The van der Waals surface area contributed by atoms with Crippen LogP contribution in [0.2, 0.25) is 0 Å². The molecular weight excluding hydrogens is 312 g/mol. The Morgan fingerprint density at radius 1 is 1.20 bits per heavy atom. The molecule has 1 heterocycles. The standard InChI is InChI=1S/C21H24N2O2/c24-19-11-17(12-19)20(13-18-6-1-2-9-22-18)23-21(25)16-8-7-14-4-3-5-15(14)10-16/h1-2,6-10,17,19-20,24H,3-5,11-13H2,(H,23,25). The van der Waals surface area contributed by atoms with E-state index in [9.17, 15) is 9.90 Å². The Balaban J connectivity index is 1.48. The molecule has 0 aliphatic heterocycles. The Hall–Kier alpha value is -2.20. The van der Waals surface area contributed by atoms with E-state index in [1.807, 2.05) is 30.3 Å². The van der Waals surface area contributed by atoms with Crippen molar-refractivity contribution in [3.05, 3.63) is 65.0 Å². The zero-order valence-corrected chi connectivity index (χ0v) is 14.3. The summed E-state index contributed by atoms with van der Waals surface area (Å²) in [5.41, 5.74) is 4.41. The number of rotatable bonds is 5. The van der Waals surface area contributed by atoms with Crippen molar-refractivity contribution in [2.75, 3.05) is 0 Å². The maximum atomic E-state index is 12.8. The Morgan fingerprint density at radius 2 is 2.04 bits per heavy atom. The van der Waals surface area contributed by atoms with Gasteiger partial charge in [-0.05, 0) is 73.4 Å². The second kappa shape index (κ2) is 6.96. The summed E-state index contributed by atoms with van der Waals surface area (Å²) < 4.78 is 0. The number of fused-ring (bicyclic) bond motifs is 1. The first kappa shape index (κ1) is 16.3. The number of aromatic nitrogens is 1. The molecule has 4 nitrogen and oxygen atoms in total. The molecule has 0 spiro atoms. The average molecular weight is 336 g/mol. The lowest BCUT2D eigenvalue weighted by atomic mass is 9.76. The van der Waals surface area contributed by atoms with Gasteiger partial charge in [-0.25, -0.2) is 0 Å². The van der Waals surface area contributed by atoms with Crippen LogP contribution in [0.25, 0.3) is 0 Å². The molecule has 2 N–H and O–H groups in total. The van der Waals surface area contributed by atoms with Gasteiger partial charge in [0.25, 0.3) is 5.91 Å². The molecule has 1 unspecified atom stereocenters. The molecule has 0 saturated heterocycles. The number of benzene rings is 1. The van der Waals surface area contributed by atoms with Crippen LogP contribution in [0.15, 0.2) is 42.6 Å². The van der Waals surface area contributed by atoms with Crippen LogP contribution in [0.4, 0.5) is 0 Å². The van der Waals surface area contributed by atoms with E-state index in [0.717, 1.165) is 36.9 Å². The van der Waals surface area contributed by atoms with Gasteiger partial charge >= 0.3 is 0 Å². The van der Waals surface area contributed by atoms with Gasteiger partial charge in [-0.2, -0.15) is 0 Å². The molecule has 4 rings (SSSR count). The van der Waals surface area contributed by atoms with Crippen LogP contribution in [0.5, 0.6) is 0 Å². The summed E-state index contributed by atoms with van der Waals surface area (Å²) in [4.78, 5) is 17.2. The molecule has 4 heteroatoms. The Morgan fingerprint density at radius 3 is 2.80 bits per heavy atom. The van der Waals surface area contributed by atoms with Crippen molar-refractivity contribution in [2.24, 2.45) is 5.92 Å². The van der Waals surface area contributed by atoms with E-state index in [0.29, 0.717) is 12.3 Å². The lowest BCUT2D eigenvalue weighted by Gasteiger charge is -2.38. The van der Waals surface area contributed by atoms with Crippen molar-refractivity contribution in [1.29, 1.82) is 0 Å². The van der Waals surface area contributed by atoms with Gasteiger partial charge in [0.1, 0.15) is 0 Å². The Labute approximate surface area is 148 Å². The number of aliphatic hydroxyl groups excluding tert-OH is 1. The summed E-state index contributed by atoms with van der Waals surface area (Å²) in [6.07, 6.45) is 7.14. The molecule has 1 atom stereocenters. The highest BCUT2D eigenvalue weighted by Gasteiger charge is 2.35. The molecule has 130 valence electrons. The first-order chi connectivity index (χ1) is 12.2. The minimum absolute atomic E-state index is 0.0130. The quantitative estimate of drug-likeness (QED) is 0.882. The van der Waals surface area contributed by atoms with Crippen LogP contribution >= 0.6 is 0 Å². The molecular formula is C21H24N2O2. The highest BCUT2D eigenvalue weighted by atomic mass is 16.3. The first-order valence-corrected chi connectivity index (χ1v) is 9.19. The molecule has 2 aromatic rings. The molecule has 1 fully saturated rings. The van der Waals surface area contributed by atoms with E-state index in [4.69, 9.17) is 0 Å². The third-order valence-corrected chi connectivity index (χ3v) is 5.55. The number of aliphatic hydroxyl groups is 1. The van der Waals surface area contributed by atoms with Crippen LogP contribution in [0.3, 0.4) is 0 Å². The predicted molar refractivity (Wildman–Crippen MR) is 96.4 cm³/mol. The zero-order chi connectivity index (χ0) is 17.2. The lowest BCUT2D eigenvalue weighted by Crippen LogP contribution is -2.48. The Bertz CT molecular complexity index is 754. The normalized spacial score (nSPS) is 22.8. The molecule has 1 aromatic heterocycles.